The number of carbonyl (C=O) groups is 1. The van der Waals surface area contributed by atoms with Crippen LogP contribution in [0.5, 0.6) is 0 Å². The number of primary sulfonamides is 1. The molecule has 0 saturated carbocycles. The van der Waals surface area contributed by atoms with Crippen molar-refractivity contribution in [3.8, 4) is 0 Å². The minimum atomic E-state index is -3.80. The molecule has 1 amide bonds. The van der Waals surface area contributed by atoms with Gasteiger partial charge in [-0.25, -0.2) is 13.6 Å². The lowest BCUT2D eigenvalue weighted by Gasteiger charge is -2.11. The Labute approximate surface area is 105 Å². The molecule has 0 aliphatic carbocycles. The van der Waals surface area contributed by atoms with E-state index in [-0.39, 0.29) is 4.90 Å². The average Bonchev–Trinajstić information content (AvgIpc) is 2.19. The van der Waals surface area contributed by atoms with Crippen LogP contribution in [0, 0.1) is 6.92 Å². The summed E-state index contributed by atoms with van der Waals surface area (Å²) in [4.78, 5) is 11.4. The first-order valence-corrected chi connectivity index (χ1v) is 6.79. The monoisotopic (exact) mass is 276 g/mol. The van der Waals surface area contributed by atoms with Crippen LogP contribution >= 0.6 is 11.6 Å². The van der Waals surface area contributed by atoms with Crippen LogP contribution < -0.4 is 10.5 Å². The highest BCUT2D eigenvalue weighted by Crippen LogP contribution is 2.22. The first-order chi connectivity index (χ1) is 7.73. The van der Waals surface area contributed by atoms with E-state index in [1.807, 2.05) is 0 Å². The summed E-state index contributed by atoms with van der Waals surface area (Å²) in [6.07, 6.45) is 0. The molecule has 5 nitrogen and oxygen atoms in total. The molecule has 7 heteroatoms. The molecule has 17 heavy (non-hydrogen) atoms. The minimum Gasteiger partial charge on any atom is -0.325 e. The molecular weight excluding hydrogens is 264 g/mol. The van der Waals surface area contributed by atoms with Crippen molar-refractivity contribution >= 4 is 33.2 Å². The zero-order chi connectivity index (χ0) is 13.2. The normalized spacial score (nSPS) is 13.2. The largest absolute Gasteiger partial charge is 0.325 e. The third kappa shape index (κ3) is 3.42. The highest BCUT2D eigenvalue weighted by atomic mass is 35.5. The molecule has 94 valence electrons. The SMILES string of the molecule is Cc1c(NC(=O)C(C)Cl)cccc1S(N)(=O)=O. The van der Waals surface area contributed by atoms with Gasteiger partial charge in [0, 0.05) is 5.69 Å². The quantitative estimate of drug-likeness (QED) is 0.813. The Hall–Kier alpha value is -1.11. The van der Waals surface area contributed by atoms with E-state index in [4.69, 9.17) is 16.7 Å². The molecule has 0 aliphatic heterocycles. The van der Waals surface area contributed by atoms with Gasteiger partial charge in [0.2, 0.25) is 15.9 Å². The van der Waals surface area contributed by atoms with Crippen LogP contribution in [-0.4, -0.2) is 19.7 Å². The van der Waals surface area contributed by atoms with Gasteiger partial charge in [-0.15, -0.1) is 11.6 Å². The third-order valence-electron chi connectivity index (χ3n) is 2.21. The van der Waals surface area contributed by atoms with Crippen LogP contribution in [0.15, 0.2) is 23.1 Å². The number of hydrogen-bond acceptors (Lipinski definition) is 3. The average molecular weight is 277 g/mol. The molecular formula is C10H13ClN2O3S. The molecule has 0 heterocycles. The Bertz CT molecular complexity index is 540. The van der Waals surface area contributed by atoms with Gasteiger partial charge in [-0.05, 0) is 31.5 Å². The Morgan fingerprint density at radius 2 is 2.06 bits per heavy atom. The number of rotatable bonds is 3. The lowest BCUT2D eigenvalue weighted by atomic mass is 10.2. The lowest BCUT2D eigenvalue weighted by molar-refractivity contribution is -0.115. The molecule has 0 aliphatic rings. The molecule has 1 aromatic carbocycles. The smallest absolute Gasteiger partial charge is 0.242 e. The summed E-state index contributed by atoms with van der Waals surface area (Å²) in [6.45, 7) is 3.09. The molecule has 3 N–H and O–H groups in total. The second-order valence-corrected chi connectivity index (χ2v) is 5.76. The highest BCUT2D eigenvalue weighted by molar-refractivity contribution is 7.89. The Morgan fingerprint density at radius 3 is 2.53 bits per heavy atom. The fraction of sp³-hybridized carbons (Fsp3) is 0.300. The number of carbonyl (C=O) groups excluding carboxylic acids is 1. The predicted octanol–water partition coefficient (Wildman–Crippen LogP) is 1.21. The second-order valence-electron chi connectivity index (χ2n) is 3.58. The van der Waals surface area contributed by atoms with Gasteiger partial charge in [-0.3, -0.25) is 4.79 Å². The zero-order valence-electron chi connectivity index (χ0n) is 9.40. The van der Waals surface area contributed by atoms with Gasteiger partial charge >= 0.3 is 0 Å². The number of anilines is 1. The van der Waals surface area contributed by atoms with E-state index in [9.17, 15) is 13.2 Å². The number of halogens is 1. The summed E-state index contributed by atoms with van der Waals surface area (Å²) in [6, 6.07) is 4.47. The molecule has 0 radical (unpaired) electrons. The molecule has 0 fully saturated rings. The molecule has 1 aromatic rings. The van der Waals surface area contributed by atoms with Gasteiger partial charge in [0.05, 0.1) is 4.90 Å². The van der Waals surface area contributed by atoms with Gasteiger partial charge in [-0.2, -0.15) is 0 Å². The van der Waals surface area contributed by atoms with Crippen molar-refractivity contribution in [1.82, 2.24) is 0 Å². The maximum atomic E-state index is 11.4. The van der Waals surface area contributed by atoms with Crippen molar-refractivity contribution < 1.29 is 13.2 Å². The standard InChI is InChI=1S/C10H13ClN2O3S/c1-6-8(13-10(14)7(2)11)4-3-5-9(6)17(12,15)16/h3-5,7H,1-2H3,(H,13,14)(H2,12,15,16). The maximum absolute atomic E-state index is 11.4. The third-order valence-corrected chi connectivity index (χ3v) is 3.46. The van der Waals surface area contributed by atoms with E-state index in [0.29, 0.717) is 11.3 Å². The van der Waals surface area contributed by atoms with Crippen molar-refractivity contribution in [2.24, 2.45) is 5.14 Å². The topological polar surface area (TPSA) is 89.3 Å². The number of nitrogens with two attached hydrogens (primary N) is 1. The van der Waals surface area contributed by atoms with Crippen LogP contribution in [0.2, 0.25) is 0 Å². The Kier molecular flexibility index (Phi) is 4.13. The molecule has 1 atom stereocenters. The molecule has 1 rings (SSSR count). The summed E-state index contributed by atoms with van der Waals surface area (Å²) < 4.78 is 22.5. The Morgan fingerprint density at radius 1 is 1.47 bits per heavy atom. The predicted molar refractivity (Wildman–Crippen MR) is 66.5 cm³/mol. The van der Waals surface area contributed by atoms with Gasteiger partial charge in [0.25, 0.3) is 0 Å². The fourth-order valence-corrected chi connectivity index (χ4v) is 2.15. The van der Waals surface area contributed by atoms with Crippen molar-refractivity contribution in [3.05, 3.63) is 23.8 Å². The highest BCUT2D eigenvalue weighted by Gasteiger charge is 2.16. The van der Waals surface area contributed by atoms with E-state index in [0.717, 1.165) is 0 Å². The van der Waals surface area contributed by atoms with Crippen LogP contribution in [-0.2, 0) is 14.8 Å². The zero-order valence-corrected chi connectivity index (χ0v) is 11.0. The first-order valence-electron chi connectivity index (χ1n) is 4.81. The molecule has 0 spiro atoms. The maximum Gasteiger partial charge on any atom is 0.242 e. The van der Waals surface area contributed by atoms with Crippen LogP contribution in [0.3, 0.4) is 0 Å². The number of nitrogens with one attached hydrogen (secondary N) is 1. The number of alkyl halides is 1. The van der Waals surface area contributed by atoms with Gasteiger partial charge in [-0.1, -0.05) is 6.07 Å². The summed E-state index contributed by atoms with van der Waals surface area (Å²) in [5, 5.41) is 6.88. The summed E-state index contributed by atoms with van der Waals surface area (Å²) >= 11 is 5.61. The summed E-state index contributed by atoms with van der Waals surface area (Å²) in [5.41, 5.74) is 0.773. The van der Waals surface area contributed by atoms with Crippen molar-refractivity contribution in [2.75, 3.05) is 5.32 Å². The number of sulfonamides is 1. The lowest BCUT2D eigenvalue weighted by Crippen LogP contribution is -2.22. The second kappa shape index (κ2) is 5.03. The summed E-state index contributed by atoms with van der Waals surface area (Å²) in [7, 11) is -3.80. The summed E-state index contributed by atoms with van der Waals surface area (Å²) in [5.74, 6) is -0.402. The van der Waals surface area contributed by atoms with E-state index >= 15 is 0 Å². The van der Waals surface area contributed by atoms with E-state index in [1.54, 1.807) is 13.0 Å². The van der Waals surface area contributed by atoms with E-state index < -0.39 is 21.3 Å². The number of benzene rings is 1. The van der Waals surface area contributed by atoms with Gasteiger partial charge in [0.15, 0.2) is 0 Å². The van der Waals surface area contributed by atoms with Crippen molar-refractivity contribution in [1.29, 1.82) is 0 Å². The molecule has 0 aromatic heterocycles. The first kappa shape index (κ1) is 14.0. The van der Waals surface area contributed by atoms with Crippen LogP contribution in [0.1, 0.15) is 12.5 Å². The number of hydrogen-bond donors (Lipinski definition) is 2. The van der Waals surface area contributed by atoms with Gasteiger partial charge in [0.1, 0.15) is 5.38 Å². The van der Waals surface area contributed by atoms with Crippen LogP contribution in [0.25, 0.3) is 0 Å². The van der Waals surface area contributed by atoms with E-state index in [2.05, 4.69) is 5.32 Å². The molecule has 0 bridgehead atoms. The van der Waals surface area contributed by atoms with Crippen molar-refractivity contribution in [3.63, 3.8) is 0 Å². The molecule has 1 unspecified atom stereocenters. The van der Waals surface area contributed by atoms with Crippen molar-refractivity contribution in [2.45, 2.75) is 24.1 Å². The van der Waals surface area contributed by atoms with Crippen LogP contribution in [0.4, 0.5) is 5.69 Å². The van der Waals surface area contributed by atoms with E-state index in [1.165, 1.54) is 19.1 Å². The van der Waals surface area contributed by atoms with Gasteiger partial charge < -0.3 is 5.32 Å². The molecule has 0 saturated heterocycles. The Balaban J connectivity index is 3.16. The minimum absolute atomic E-state index is 0.0162. The number of amides is 1. The fourth-order valence-electron chi connectivity index (χ4n) is 1.29.